The minimum Gasteiger partial charge on any atom is -0.379 e. The third-order valence-corrected chi connectivity index (χ3v) is 7.30. The molecule has 1 N–H and O–H groups in total. The molecule has 2 heterocycles. The number of rotatable bonds is 6. The third-order valence-electron chi connectivity index (χ3n) is 7.30. The van der Waals surface area contributed by atoms with Crippen LogP contribution >= 0.6 is 0 Å². The molecule has 3 aliphatic rings. The lowest BCUT2D eigenvalue weighted by Gasteiger charge is -2.35. The molecule has 0 spiro atoms. The molecular weight excluding hydrogens is 449 g/mol. The van der Waals surface area contributed by atoms with Gasteiger partial charge in [-0.05, 0) is 48.7 Å². The first-order valence-corrected chi connectivity index (χ1v) is 12.4. The Bertz CT molecular complexity index is 1130. The Kier molecular flexibility index (Phi) is 6.92. The molecule has 7 nitrogen and oxygen atoms in total. The summed E-state index contributed by atoms with van der Waals surface area (Å²) in [5.41, 5.74) is 1.77. The van der Waals surface area contributed by atoms with Gasteiger partial charge in [-0.2, -0.15) is 0 Å². The van der Waals surface area contributed by atoms with Gasteiger partial charge in [0, 0.05) is 31.2 Å². The number of fused-ring (bicyclic) bond motifs is 1. The fourth-order valence-corrected chi connectivity index (χ4v) is 5.42. The van der Waals surface area contributed by atoms with Crippen LogP contribution in [-0.2, 0) is 4.74 Å². The molecule has 184 valence electrons. The minimum absolute atomic E-state index is 0.0611. The van der Waals surface area contributed by atoms with Gasteiger partial charge in [-0.1, -0.05) is 31.4 Å². The maximum Gasteiger partial charge on any atom is 0.261 e. The summed E-state index contributed by atoms with van der Waals surface area (Å²) >= 11 is 0. The molecular formula is C27H30FN3O4. The number of nitrogens with one attached hydrogen (secondary N) is 1. The molecule has 0 bridgehead atoms. The van der Waals surface area contributed by atoms with Gasteiger partial charge >= 0.3 is 0 Å². The highest BCUT2D eigenvalue weighted by molar-refractivity contribution is 6.22. The fraction of sp³-hybridized carbons (Fsp3) is 0.444. The van der Waals surface area contributed by atoms with Crippen molar-refractivity contribution in [1.29, 1.82) is 0 Å². The predicted molar refractivity (Wildman–Crippen MR) is 128 cm³/mol. The number of imide groups is 1. The molecule has 8 heteroatoms. The van der Waals surface area contributed by atoms with Gasteiger partial charge in [0.15, 0.2) is 0 Å². The van der Waals surface area contributed by atoms with Crippen LogP contribution in [0.4, 0.5) is 4.39 Å². The highest BCUT2D eigenvalue weighted by atomic mass is 19.1. The first-order valence-electron chi connectivity index (χ1n) is 12.4. The van der Waals surface area contributed by atoms with E-state index in [0.717, 1.165) is 37.7 Å². The van der Waals surface area contributed by atoms with Crippen LogP contribution < -0.4 is 5.32 Å². The maximum absolute atomic E-state index is 13.9. The normalized spacial score (nSPS) is 20.1. The number of hydrogen-bond acceptors (Lipinski definition) is 5. The number of nitrogens with zero attached hydrogens (tertiary/aromatic N) is 2. The molecule has 0 radical (unpaired) electrons. The van der Waals surface area contributed by atoms with Crippen molar-refractivity contribution >= 4 is 17.7 Å². The highest BCUT2D eigenvalue weighted by Gasteiger charge is 2.40. The zero-order valence-corrected chi connectivity index (χ0v) is 19.7. The smallest absolute Gasteiger partial charge is 0.261 e. The van der Waals surface area contributed by atoms with Gasteiger partial charge in [0.2, 0.25) is 0 Å². The summed E-state index contributed by atoms with van der Waals surface area (Å²) in [6.45, 7) is 2.81. The number of amides is 3. The van der Waals surface area contributed by atoms with Crippen LogP contribution in [0.5, 0.6) is 0 Å². The van der Waals surface area contributed by atoms with Gasteiger partial charge in [-0.25, -0.2) is 4.39 Å². The van der Waals surface area contributed by atoms with Crippen molar-refractivity contribution in [3.05, 3.63) is 70.5 Å². The van der Waals surface area contributed by atoms with Crippen LogP contribution in [0.1, 0.15) is 74.8 Å². The summed E-state index contributed by atoms with van der Waals surface area (Å²) < 4.78 is 19.4. The molecule has 2 aliphatic heterocycles. The molecule has 2 aromatic rings. The predicted octanol–water partition coefficient (Wildman–Crippen LogP) is 3.56. The van der Waals surface area contributed by atoms with Crippen LogP contribution in [-0.4, -0.2) is 66.4 Å². The second-order valence-corrected chi connectivity index (χ2v) is 9.46. The Labute approximate surface area is 204 Å². The molecule has 1 saturated heterocycles. The van der Waals surface area contributed by atoms with E-state index in [1.54, 1.807) is 18.2 Å². The standard InChI is InChI=1S/C27H30FN3O4/c28-20-6-4-5-18(15-20)24(30-11-13-35-14-12-30)17-29-25(32)19-9-10-22-23(16-19)27(34)31(26(22)33)21-7-2-1-3-8-21/h4-6,9-10,15-16,21,24H,1-3,7-8,11-14,17H2,(H,29,32). The summed E-state index contributed by atoms with van der Waals surface area (Å²) in [4.78, 5) is 42.6. The Morgan fingerprint density at radius 3 is 2.49 bits per heavy atom. The summed E-state index contributed by atoms with van der Waals surface area (Å²) in [5, 5.41) is 2.95. The second-order valence-electron chi connectivity index (χ2n) is 9.46. The lowest BCUT2D eigenvalue weighted by molar-refractivity contribution is 0.0162. The van der Waals surface area contributed by atoms with Crippen molar-refractivity contribution in [1.82, 2.24) is 15.1 Å². The Morgan fingerprint density at radius 2 is 1.74 bits per heavy atom. The molecule has 5 rings (SSSR count). The van der Waals surface area contributed by atoms with Crippen molar-refractivity contribution < 1.29 is 23.5 Å². The van der Waals surface area contributed by atoms with Crippen molar-refractivity contribution in [2.45, 2.75) is 44.2 Å². The number of hydrogen-bond donors (Lipinski definition) is 1. The zero-order valence-electron chi connectivity index (χ0n) is 19.7. The van der Waals surface area contributed by atoms with E-state index in [1.807, 2.05) is 6.07 Å². The van der Waals surface area contributed by atoms with E-state index in [4.69, 9.17) is 4.74 Å². The average molecular weight is 480 g/mol. The van der Waals surface area contributed by atoms with Crippen LogP contribution in [0.25, 0.3) is 0 Å². The maximum atomic E-state index is 13.9. The molecule has 3 amide bonds. The summed E-state index contributed by atoms with van der Waals surface area (Å²) in [6.07, 6.45) is 4.83. The van der Waals surface area contributed by atoms with Crippen LogP contribution in [0.3, 0.4) is 0 Å². The van der Waals surface area contributed by atoms with Crippen LogP contribution in [0, 0.1) is 5.82 Å². The third kappa shape index (κ3) is 4.86. The number of carbonyl (C=O) groups is 3. The molecule has 1 unspecified atom stereocenters. The first-order chi connectivity index (χ1) is 17.0. The molecule has 2 fully saturated rings. The van der Waals surface area contributed by atoms with Crippen molar-refractivity contribution in [3.63, 3.8) is 0 Å². The number of benzene rings is 2. The number of ether oxygens (including phenoxy) is 1. The van der Waals surface area contributed by atoms with Crippen LogP contribution in [0.15, 0.2) is 42.5 Å². The van der Waals surface area contributed by atoms with E-state index in [0.29, 0.717) is 43.0 Å². The number of halogens is 1. The van der Waals surface area contributed by atoms with E-state index >= 15 is 0 Å². The van der Waals surface area contributed by atoms with E-state index < -0.39 is 0 Å². The van der Waals surface area contributed by atoms with E-state index in [-0.39, 0.29) is 42.2 Å². The quantitative estimate of drug-likeness (QED) is 0.641. The second kappa shape index (κ2) is 10.3. The van der Waals surface area contributed by atoms with Crippen molar-refractivity contribution in [2.24, 2.45) is 0 Å². The number of carbonyl (C=O) groups excluding carboxylic acids is 3. The Hall–Kier alpha value is -3.10. The fourth-order valence-electron chi connectivity index (χ4n) is 5.42. The van der Waals surface area contributed by atoms with Crippen molar-refractivity contribution in [3.8, 4) is 0 Å². The zero-order chi connectivity index (χ0) is 24.4. The number of morpholine rings is 1. The first kappa shape index (κ1) is 23.6. The molecule has 35 heavy (non-hydrogen) atoms. The SMILES string of the molecule is O=C(NCC(c1cccc(F)c1)N1CCOCC1)c1ccc2c(c1)C(=O)N(C1CCCCC1)C2=O. The van der Waals surface area contributed by atoms with Gasteiger partial charge in [0.05, 0.1) is 30.4 Å². The van der Waals surface area contributed by atoms with E-state index in [9.17, 15) is 18.8 Å². The van der Waals surface area contributed by atoms with Gasteiger partial charge in [-0.3, -0.25) is 24.2 Å². The monoisotopic (exact) mass is 479 g/mol. The van der Waals surface area contributed by atoms with Gasteiger partial charge < -0.3 is 10.1 Å². The van der Waals surface area contributed by atoms with Crippen molar-refractivity contribution in [2.75, 3.05) is 32.8 Å². The lowest BCUT2D eigenvalue weighted by atomic mass is 9.94. The van der Waals surface area contributed by atoms with E-state index in [1.165, 1.54) is 23.1 Å². The van der Waals surface area contributed by atoms with E-state index in [2.05, 4.69) is 10.2 Å². The summed E-state index contributed by atoms with van der Waals surface area (Å²) in [7, 11) is 0. The van der Waals surface area contributed by atoms with Gasteiger partial charge in [0.25, 0.3) is 17.7 Å². The van der Waals surface area contributed by atoms with Gasteiger partial charge in [-0.15, -0.1) is 0 Å². The summed E-state index contributed by atoms with van der Waals surface area (Å²) in [6, 6.07) is 10.8. The summed E-state index contributed by atoms with van der Waals surface area (Å²) in [5.74, 6) is -1.23. The highest BCUT2D eigenvalue weighted by Crippen LogP contribution is 2.31. The average Bonchev–Trinajstić information content (AvgIpc) is 3.14. The lowest BCUT2D eigenvalue weighted by Crippen LogP contribution is -2.43. The molecule has 2 aromatic carbocycles. The largest absolute Gasteiger partial charge is 0.379 e. The van der Waals surface area contributed by atoms with Gasteiger partial charge in [0.1, 0.15) is 5.82 Å². The minimum atomic E-state index is -0.334. The molecule has 1 aliphatic carbocycles. The Balaban J connectivity index is 1.31. The molecule has 1 atom stereocenters. The van der Waals surface area contributed by atoms with Crippen LogP contribution in [0.2, 0.25) is 0 Å². The Morgan fingerprint density at radius 1 is 1.00 bits per heavy atom. The molecule has 1 saturated carbocycles. The molecule has 0 aromatic heterocycles. The topological polar surface area (TPSA) is 79.0 Å².